The van der Waals surface area contributed by atoms with E-state index < -0.39 is 21.8 Å². The first-order chi connectivity index (χ1) is 10.9. The second kappa shape index (κ2) is 7.39. The molecule has 122 valence electrons. The molecule has 5 nitrogen and oxygen atoms in total. The summed E-state index contributed by atoms with van der Waals surface area (Å²) in [6.07, 6.45) is 1.36. The van der Waals surface area contributed by atoms with Crippen molar-refractivity contribution < 1.29 is 17.9 Å². The van der Waals surface area contributed by atoms with Gasteiger partial charge in [0.1, 0.15) is 12.6 Å². The molecule has 0 spiro atoms. The van der Waals surface area contributed by atoms with Gasteiger partial charge in [-0.1, -0.05) is 42.5 Å². The van der Waals surface area contributed by atoms with E-state index in [9.17, 15) is 13.2 Å². The van der Waals surface area contributed by atoms with Crippen molar-refractivity contribution in [3.05, 3.63) is 65.7 Å². The molecule has 0 aliphatic heterocycles. The number of sulfone groups is 1. The van der Waals surface area contributed by atoms with E-state index in [-0.39, 0.29) is 17.9 Å². The maximum Gasteiger partial charge on any atom is 0.323 e. The molecule has 0 saturated heterocycles. The summed E-state index contributed by atoms with van der Waals surface area (Å²) >= 11 is 0. The highest BCUT2D eigenvalue weighted by molar-refractivity contribution is 7.90. The third-order valence-electron chi connectivity index (χ3n) is 3.31. The predicted octanol–water partition coefficient (Wildman–Crippen LogP) is 1.70. The second-order valence-corrected chi connectivity index (χ2v) is 7.34. The molecule has 0 aliphatic carbocycles. The van der Waals surface area contributed by atoms with Gasteiger partial charge in [-0.15, -0.1) is 0 Å². The van der Waals surface area contributed by atoms with Gasteiger partial charge in [-0.2, -0.15) is 0 Å². The van der Waals surface area contributed by atoms with E-state index in [2.05, 4.69) is 0 Å². The van der Waals surface area contributed by atoms with E-state index in [1.165, 1.54) is 12.1 Å². The molecule has 0 aliphatic rings. The number of hydrogen-bond acceptors (Lipinski definition) is 5. The maximum atomic E-state index is 11.9. The summed E-state index contributed by atoms with van der Waals surface area (Å²) in [5.74, 6) is -0.515. The van der Waals surface area contributed by atoms with Crippen molar-refractivity contribution in [1.29, 1.82) is 0 Å². The molecule has 0 saturated carbocycles. The van der Waals surface area contributed by atoms with Crippen LogP contribution in [0.3, 0.4) is 0 Å². The van der Waals surface area contributed by atoms with Crippen LogP contribution >= 0.6 is 0 Å². The smallest absolute Gasteiger partial charge is 0.323 e. The number of carbonyl (C=O) groups excluding carboxylic acids is 1. The maximum absolute atomic E-state index is 11.9. The van der Waals surface area contributed by atoms with Gasteiger partial charge in [0.15, 0.2) is 9.84 Å². The minimum absolute atomic E-state index is 0.163. The van der Waals surface area contributed by atoms with Crippen molar-refractivity contribution >= 4 is 15.8 Å². The zero-order valence-electron chi connectivity index (χ0n) is 12.8. The molecule has 1 atom stereocenters. The van der Waals surface area contributed by atoms with Gasteiger partial charge in [0.2, 0.25) is 0 Å². The van der Waals surface area contributed by atoms with Crippen molar-refractivity contribution in [1.82, 2.24) is 0 Å². The summed E-state index contributed by atoms with van der Waals surface area (Å²) in [6.45, 7) is 0.163. The molecule has 2 aromatic carbocycles. The first-order valence-corrected chi connectivity index (χ1v) is 9.00. The fourth-order valence-corrected chi connectivity index (χ4v) is 2.77. The molecule has 0 aromatic heterocycles. The van der Waals surface area contributed by atoms with Crippen LogP contribution in [0.1, 0.15) is 11.1 Å². The summed E-state index contributed by atoms with van der Waals surface area (Å²) in [4.78, 5) is 12.1. The van der Waals surface area contributed by atoms with E-state index >= 15 is 0 Å². The van der Waals surface area contributed by atoms with Gasteiger partial charge in [0, 0.05) is 6.26 Å². The normalized spacial score (nSPS) is 12.6. The fourth-order valence-electron chi connectivity index (χ4n) is 2.08. The third-order valence-corrected chi connectivity index (χ3v) is 4.42. The van der Waals surface area contributed by atoms with E-state index in [0.29, 0.717) is 5.56 Å². The lowest BCUT2D eigenvalue weighted by molar-refractivity contribution is -0.146. The molecule has 2 aromatic rings. The number of hydrogen-bond donors (Lipinski definition) is 1. The van der Waals surface area contributed by atoms with Crippen LogP contribution in [0.2, 0.25) is 0 Å². The lowest BCUT2D eigenvalue weighted by Crippen LogP contribution is -2.34. The Labute approximate surface area is 136 Å². The first kappa shape index (κ1) is 17.2. The Balaban J connectivity index is 1.96. The van der Waals surface area contributed by atoms with E-state index in [0.717, 1.165) is 11.8 Å². The molecule has 6 heteroatoms. The minimum Gasteiger partial charge on any atom is -0.460 e. The average molecular weight is 333 g/mol. The molecule has 0 amide bonds. The highest BCUT2D eigenvalue weighted by Crippen LogP contribution is 2.13. The largest absolute Gasteiger partial charge is 0.460 e. The van der Waals surface area contributed by atoms with Crippen LogP contribution in [0.4, 0.5) is 0 Å². The minimum atomic E-state index is -3.28. The van der Waals surface area contributed by atoms with Crippen LogP contribution in [0.5, 0.6) is 0 Å². The Morgan fingerprint density at radius 3 is 2.39 bits per heavy atom. The summed E-state index contributed by atoms with van der Waals surface area (Å²) in [7, 11) is -3.28. The number of esters is 1. The quantitative estimate of drug-likeness (QED) is 0.813. The van der Waals surface area contributed by atoms with Gasteiger partial charge in [0.05, 0.1) is 4.90 Å². The first-order valence-electron chi connectivity index (χ1n) is 7.11. The van der Waals surface area contributed by atoms with Crippen molar-refractivity contribution in [3.8, 4) is 0 Å². The molecule has 2 N–H and O–H groups in total. The number of ether oxygens (including phenoxy) is 1. The Morgan fingerprint density at radius 2 is 1.74 bits per heavy atom. The molecular formula is C17H19NO4S. The molecule has 2 rings (SSSR count). The van der Waals surface area contributed by atoms with Crippen molar-refractivity contribution in [2.75, 3.05) is 6.26 Å². The molecule has 0 heterocycles. The number of carbonyl (C=O) groups is 1. The molecule has 23 heavy (non-hydrogen) atoms. The van der Waals surface area contributed by atoms with Crippen LogP contribution in [0, 0.1) is 0 Å². The predicted molar refractivity (Wildman–Crippen MR) is 87.5 cm³/mol. The lowest BCUT2D eigenvalue weighted by atomic mass is 10.1. The zero-order chi connectivity index (χ0) is 16.9. The van der Waals surface area contributed by atoms with Crippen LogP contribution in [0.15, 0.2) is 59.5 Å². The summed E-state index contributed by atoms with van der Waals surface area (Å²) in [5, 5.41) is 0. The van der Waals surface area contributed by atoms with Gasteiger partial charge < -0.3 is 10.5 Å². The van der Waals surface area contributed by atoms with Gasteiger partial charge in [0.25, 0.3) is 0 Å². The van der Waals surface area contributed by atoms with E-state index in [1.807, 2.05) is 30.3 Å². The standard InChI is InChI=1S/C17H19NO4S/c1-23(20,21)15-9-5-8-14(10-15)11-16(18)17(19)22-12-13-6-3-2-4-7-13/h2-10,16H,11-12,18H2,1H3/t16-/m0/s1. The zero-order valence-corrected chi connectivity index (χ0v) is 13.6. The van der Waals surface area contributed by atoms with Crippen LogP contribution in [-0.4, -0.2) is 26.7 Å². The number of rotatable bonds is 6. The molecule has 0 radical (unpaired) electrons. The molecule has 0 fully saturated rings. The van der Waals surface area contributed by atoms with Crippen molar-refractivity contribution in [2.45, 2.75) is 24.0 Å². The van der Waals surface area contributed by atoms with Crippen molar-refractivity contribution in [2.24, 2.45) is 5.73 Å². The lowest BCUT2D eigenvalue weighted by Gasteiger charge is -2.12. The van der Waals surface area contributed by atoms with Crippen LogP contribution in [0.25, 0.3) is 0 Å². The molecule has 0 bridgehead atoms. The highest BCUT2D eigenvalue weighted by atomic mass is 32.2. The number of benzene rings is 2. The Morgan fingerprint density at radius 1 is 1.09 bits per heavy atom. The van der Waals surface area contributed by atoms with Gasteiger partial charge in [-0.25, -0.2) is 8.42 Å². The van der Waals surface area contributed by atoms with E-state index in [1.54, 1.807) is 12.1 Å². The van der Waals surface area contributed by atoms with Gasteiger partial charge in [-0.05, 0) is 29.7 Å². The Bertz CT molecular complexity index is 772. The fraction of sp³-hybridized carbons (Fsp3) is 0.235. The molecular weight excluding hydrogens is 314 g/mol. The monoisotopic (exact) mass is 333 g/mol. The van der Waals surface area contributed by atoms with Crippen LogP contribution < -0.4 is 5.73 Å². The Kier molecular flexibility index (Phi) is 5.52. The van der Waals surface area contributed by atoms with Gasteiger partial charge >= 0.3 is 5.97 Å². The summed E-state index contributed by atoms with van der Waals surface area (Å²) in [5.41, 5.74) is 7.41. The topological polar surface area (TPSA) is 86.5 Å². The van der Waals surface area contributed by atoms with Crippen molar-refractivity contribution in [3.63, 3.8) is 0 Å². The van der Waals surface area contributed by atoms with E-state index in [4.69, 9.17) is 10.5 Å². The highest BCUT2D eigenvalue weighted by Gasteiger charge is 2.17. The molecule has 0 unspecified atom stereocenters. The van der Waals surface area contributed by atoms with Gasteiger partial charge in [-0.3, -0.25) is 4.79 Å². The third kappa shape index (κ3) is 5.19. The summed E-state index contributed by atoms with van der Waals surface area (Å²) < 4.78 is 28.3. The average Bonchev–Trinajstić information content (AvgIpc) is 2.53. The van der Waals surface area contributed by atoms with Crippen LogP contribution in [-0.2, 0) is 32.4 Å². The number of nitrogens with two attached hydrogens (primary N) is 1. The second-order valence-electron chi connectivity index (χ2n) is 5.32. The SMILES string of the molecule is CS(=O)(=O)c1cccc(C[C@H](N)C(=O)OCc2ccccc2)c1. The summed E-state index contributed by atoms with van der Waals surface area (Å²) in [6, 6.07) is 14.9. The Hall–Kier alpha value is -2.18.